The molecule has 0 N–H and O–H groups in total. The van der Waals surface area contributed by atoms with Crippen LogP contribution in [0.2, 0.25) is 0 Å². The number of hydrogen-bond acceptors (Lipinski definition) is 0. The van der Waals surface area contributed by atoms with Crippen molar-refractivity contribution in [3.05, 3.63) is 0 Å². The Morgan fingerprint density at radius 2 is 1.17 bits per heavy atom. The predicted octanol–water partition coefficient (Wildman–Crippen LogP) is 7.05. The maximum atomic E-state index is 6.65. The summed E-state index contributed by atoms with van der Waals surface area (Å²) in [7, 11) is -0.232. The van der Waals surface area contributed by atoms with Crippen LogP contribution in [0.1, 0.15) is 79.1 Å². The normalized spacial score (nSPS) is 16.5. The smallest absolute Gasteiger partial charge is 0.00918 e. The highest BCUT2D eigenvalue weighted by atomic mass is 35.7. The molecule has 0 nitrogen and oxygen atoms in total. The fourth-order valence-corrected chi connectivity index (χ4v) is 5.79. The van der Waals surface area contributed by atoms with Gasteiger partial charge in [0.25, 0.3) is 0 Å². The first-order valence-electron chi connectivity index (χ1n) is 8.08. The molecule has 0 spiro atoms. The minimum atomic E-state index is -0.232. The molecule has 2 heteroatoms. The molecule has 0 aliphatic rings. The molecule has 0 aliphatic carbocycles. The number of hydrogen-bond donors (Lipinski definition) is 0. The zero-order valence-corrected chi connectivity index (χ0v) is 14.7. The lowest BCUT2D eigenvalue weighted by Crippen LogP contribution is -2.08. The van der Waals surface area contributed by atoms with Crippen LogP contribution < -0.4 is 0 Å². The Morgan fingerprint density at radius 1 is 0.778 bits per heavy atom. The number of halogens is 1. The average Bonchev–Trinajstić information content (AvgIpc) is 2.39. The quantitative estimate of drug-likeness (QED) is 0.338. The molecule has 0 rings (SSSR count). The van der Waals surface area contributed by atoms with E-state index in [4.69, 9.17) is 11.2 Å². The van der Waals surface area contributed by atoms with Gasteiger partial charge in [0.15, 0.2) is 0 Å². The van der Waals surface area contributed by atoms with Crippen LogP contribution in [0.4, 0.5) is 0 Å². The van der Waals surface area contributed by atoms with Crippen molar-refractivity contribution in [1.82, 2.24) is 0 Å². The second-order valence-corrected chi connectivity index (χ2v) is 8.75. The van der Waals surface area contributed by atoms with Crippen LogP contribution in [0.25, 0.3) is 0 Å². The first-order valence-corrected chi connectivity index (χ1v) is 10.7. The molecular formula is C16H34ClP. The summed E-state index contributed by atoms with van der Waals surface area (Å²) in [5.41, 5.74) is 0. The second kappa shape index (κ2) is 12.7. The van der Waals surface area contributed by atoms with E-state index < -0.39 is 0 Å². The van der Waals surface area contributed by atoms with E-state index in [2.05, 4.69) is 27.7 Å². The molecule has 0 aromatic heterocycles. The van der Waals surface area contributed by atoms with Crippen LogP contribution in [-0.4, -0.2) is 12.3 Å². The van der Waals surface area contributed by atoms with E-state index in [9.17, 15) is 0 Å². The molecule has 0 fully saturated rings. The Balaban J connectivity index is 3.92. The van der Waals surface area contributed by atoms with Gasteiger partial charge in [-0.3, -0.25) is 0 Å². The Bertz CT molecular complexity index is 154. The molecule has 18 heavy (non-hydrogen) atoms. The molecule has 0 aliphatic heterocycles. The lowest BCUT2D eigenvalue weighted by Gasteiger charge is -2.22. The van der Waals surface area contributed by atoms with Gasteiger partial charge < -0.3 is 0 Å². The summed E-state index contributed by atoms with van der Waals surface area (Å²) in [5, 5.41) is 0. The van der Waals surface area contributed by atoms with Crippen molar-refractivity contribution < 1.29 is 0 Å². The van der Waals surface area contributed by atoms with Crippen LogP contribution in [0.3, 0.4) is 0 Å². The van der Waals surface area contributed by atoms with E-state index in [0.717, 1.165) is 11.8 Å². The fraction of sp³-hybridized carbons (Fsp3) is 1.00. The zero-order valence-electron chi connectivity index (χ0n) is 13.1. The van der Waals surface area contributed by atoms with Crippen LogP contribution in [0.5, 0.6) is 0 Å². The van der Waals surface area contributed by atoms with Gasteiger partial charge in [-0.15, -0.1) is 0 Å². The minimum Gasteiger partial charge on any atom is -0.0964 e. The van der Waals surface area contributed by atoms with Gasteiger partial charge in [0.1, 0.15) is 0 Å². The van der Waals surface area contributed by atoms with Crippen LogP contribution in [0.15, 0.2) is 0 Å². The van der Waals surface area contributed by atoms with Crippen LogP contribution in [-0.2, 0) is 0 Å². The highest BCUT2D eigenvalue weighted by molar-refractivity contribution is 7.84. The number of unbranched alkanes of at least 4 members (excludes halogenated alkanes) is 2. The third-order valence-electron chi connectivity index (χ3n) is 4.00. The summed E-state index contributed by atoms with van der Waals surface area (Å²) in [5.74, 6) is 1.77. The van der Waals surface area contributed by atoms with Gasteiger partial charge in [-0.1, -0.05) is 90.3 Å². The Hall–Kier alpha value is 0.720. The monoisotopic (exact) mass is 292 g/mol. The standard InChI is InChI=1S/C16H34ClP/c1-5-9-11-15(7-3)13-18(17)14-16(8-4)12-10-6-2/h15-16H,5-14H2,1-4H3. The van der Waals surface area contributed by atoms with E-state index in [0.29, 0.717) is 0 Å². The van der Waals surface area contributed by atoms with Crippen molar-refractivity contribution >= 4 is 18.5 Å². The summed E-state index contributed by atoms with van der Waals surface area (Å²) in [4.78, 5) is 0. The highest BCUT2D eigenvalue weighted by Crippen LogP contribution is 2.47. The maximum absolute atomic E-state index is 6.65. The van der Waals surface area contributed by atoms with Crippen molar-refractivity contribution in [3.63, 3.8) is 0 Å². The van der Waals surface area contributed by atoms with E-state index >= 15 is 0 Å². The maximum Gasteiger partial charge on any atom is -0.00918 e. The molecule has 2 unspecified atom stereocenters. The van der Waals surface area contributed by atoms with Crippen molar-refractivity contribution in [1.29, 1.82) is 0 Å². The molecule has 0 radical (unpaired) electrons. The Kier molecular flexibility index (Phi) is 13.2. The van der Waals surface area contributed by atoms with Gasteiger partial charge in [-0.05, 0) is 31.4 Å². The lowest BCUT2D eigenvalue weighted by atomic mass is 10.0. The summed E-state index contributed by atoms with van der Waals surface area (Å²) in [6.07, 6.45) is 13.4. The van der Waals surface area contributed by atoms with Crippen molar-refractivity contribution in [2.75, 3.05) is 12.3 Å². The van der Waals surface area contributed by atoms with Crippen molar-refractivity contribution in [2.45, 2.75) is 79.1 Å². The summed E-state index contributed by atoms with van der Waals surface area (Å²) in [6.45, 7) is 9.23. The van der Waals surface area contributed by atoms with E-state index in [1.54, 1.807) is 0 Å². The Labute approximate surface area is 122 Å². The van der Waals surface area contributed by atoms with Crippen molar-refractivity contribution in [2.24, 2.45) is 11.8 Å². The molecule has 0 saturated carbocycles. The van der Waals surface area contributed by atoms with Gasteiger partial charge in [0.05, 0.1) is 0 Å². The van der Waals surface area contributed by atoms with Gasteiger partial charge in [0.2, 0.25) is 0 Å². The molecule has 0 amide bonds. The SMILES string of the molecule is CCCCC(CC)CP(Cl)CC(CC)CCCC. The minimum absolute atomic E-state index is 0.232. The molecule has 2 atom stereocenters. The van der Waals surface area contributed by atoms with E-state index in [1.807, 2.05) is 0 Å². The topological polar surface area (TPSA) is 0 Å². The summed E-state index contributed by atoms with van der Waals surface area (Å²) < 4.78 is 0. The van der Waals surface area contributed by atoms with Crippen LogP contribution in [0, 0.1) is 11.8 Å². The molecular weight excluding hydrogens is 259 g/mol. The summed E-state index contributed by atoms with van der Waals surface area (Å²) in [6, 6.07) is 0. The first-order chi connectivity index (χ1) is 8.67. The highest BCUT2D eigenvalue weighted by Gasteiger charge is 2.16. The second-order valence-electron chi connectivity index (χ2n) is 5.66. The fourth-order valence-electron chi connectivity index (χ4n) is 2.47. The molecule has 0 aromatic carbocycles. The van der Waals surface area contributed by atoms with E-state index in [1.165, 1.54) is 63.7 Å². The van der Waals surface area contributed by atoms with Gasteiger partial charge >= 0.3 is 0 Å². The third-order valence-corrected chi connectivity index (χ3v) is 6.65. The molecule has 0 heterocycles. The van der Waals surface area contributed by atoms with E-state index in [-0.39, 0.29) is 7.27 Å². The summed E-state index contributed by atoms with van der Waals surface area (Å²) >= 11 is 6.65. The average molecular weight is 293 g/mol. The molecule has 0 bridgehead atoms. The van der Waals surface area contributed by atoms with Gasteiger partial charge in [0, 0.05) is 0 Å². The third kappa shape index (κ3) is 9.62. The Morgan fingerprint density at radius 3 is 1.44 bits per heavy atom. The molecule has 0 saturated heterocycles. The van der Waals surface area contributed by atoms with Crippen LogP contribution >= 0.6 is 18.5 Å². The molecule has 0 aromatic rings. The predicted molar refractivity (Wildman–Crippen MR) is 89.1 cm³/mol. The largest absolute Gasteiger partial charge is 0.0964 e. The zero-order chi connectivity index (χ0) is 13.8. The van der Waals surface area contributed by atoms with Gasteiger partial charge in [-0.25, -0.2) is 0 Å². The number of rotatable bonds is 12. The molecule has 110 valence electrons. The first kappa shape index (κ1) is 18.7. The van der Waals surface area contributed by atoms with Crippen molar-refractivity contribution in [3.8, 4) is 0 Å². The lowest BCUT2D eigenvalue weighted by molar-refractivity contribution is 0.486. The van der Waals surface area contributed by atoms with Gasteiger partial charge in [-0.2, -0.15) is 0 Å².